The first-order chi connectivity index (χ1) is 11.6. The topological polar surface area (TPSA) is 20.2 Å². The van der Waals surface area contributed by atoms with Crippen LogP contribution in [0.15, 0.2) is 0 Å². The van der Waals surface area contributed by atoms with Gasteiger partial charge in [0.2, 0.25) is 0 Å². The summed E-state index contributed by atoms with van der Waals surface area (Å²) in [4.78, 5) is 0. The maximum absolute atomic E-state index is 14.2. The van der Waals surface area contributed by atoms with Crippen LogP contribution in [-0.4, -0.2) is 23.6 Å². The molecule has 0 radical (unpaired) electrons. The molecule has 3 saturated carbocycles. The van der Waals surface area contributed by atoms with Gasteiger partial charge in [-0.15, -0.1) is 12.8 Å². The summed E-state index contributed by atoms with van der Waals surface area (Å²) in [6.07, 6.45) is 15.0. The van der Waals surface area contributed by atoms with E-state index in [-0.39, 0.29) is 5.92 Å². The molecule has 3 aliphatic carbocycles. The number of hydrogen-bond acceptors (Lipinski definition) is 1. The Hall–Kier alpha value is -0.620. The molecule has 0 aliphatic heterocycles. The van der Waals surface area contributed by atoms with Crippen LogP contribution < -0.4 is 0 Å². The Labute approximate surface area is 146 Å². The Morgan fingerprint density at radius 2 is 1.12 bits per heavy atom. The number of terminal acetylenes is 1. The van der Waals surface area contributed by atoms with Gasteiger partial charge in [-0.25, -0.2) is 8.78 Å². The highest BCUT2D eigenvalue weighted by Crippen LogP contribution is 2.46. The van der Waals surface area contributed by atoms with Gasteiger partial charge in [0.05, 0.1) is 6.10 Å². The van der Waals surface area contributed by atoms with Crippen molar-refractivity contribution in [2.24, 2.45) is 29.6 Å². The van der Waals surface area contributed by atoms with Crippen LogP contribution in [0.5, 0.6) is 0 Å². The number of aliphatic hydroxyl groups excluding tert-OH is 1. The molecular formula is C21H34F2O. The van der Waals surface area contributed by atoms with E-state index in [4.69, 9.17) is 0 Å². The minimum absolute atomic E-state index is 0.147. The molecule has 0 aromatic heterocycles. The van der Waals surface area contributed by atoms with Crippen LogP contribution in [0.1, 0.15) is 71.1 Å². The van der Waals surface area contributed by atoms with Crippen molar-refractivity contribution in [2.45, 2.75) is 89.6 Å². The molecule has 0 spiro atoms. The molecule has 0 aromatic carbocycles. The van der Waals surface area contributed by atoms with Crippen molar-refractivity contribution in [2.75, 3.05) is 0 Å². The summed E-state index contributed by atoms with van der Waals surface area (Å²) in [5.74, 6) is 2.82. The van der Waals surface area contributed by atoms with Crippen molar-refractivity contribution in [3.8, 4) is 12.8 Å². The van der Waals surface area contributed by atoms with Crippen molar-refractivity contribution < 1.29 is 13.9 Å². The van der Waals surface area contributed by atoms with Crippen LogP contribution in [0.2, 0.25) is 0 Å². The van der Waals surface area contributed by atoms with Crippen molar-refractivity contribution in [1.82, 2.24) is 0 Å². The first kappa shape index (κ1) is 19.7. The zero-order valence-electron chi connectivity index (χ0n) is 15.0. The van der Waals surface area contributed by atoms with E-state index in [1.54, 1.807) is 0 Å². The highest BCUT2D eigenvalue weighted by atomic mass is 19.2. The lowest BCUT2D eigenvalue weighted by Gasteiger charge is -2.42. The minimum Gasteiger partial charge on any atom is -0.390 e. The quantitative estimate of drug-likeness (QED) is 0.675. The molecule has 138 valence electrons. The third kappa shape index (κ3) is 4.51. The molecule has 1 nitrogen and oxygen atoms in total. The van der Waals surface area contributed by atoms with E-state index in [0.29, 0.717) is 18.8 Å². The molecule has 3 aliphatic rings. The lowest BCUT2D eigenvalue weighted by Crippen LogP contribution is -2.44. The normalized spacial score (nSPS) is 46.6. The second-order valence-electron chi connectivity index (χ2n) is 8.39. The molecule has 3 heteroatoms. The van der Waals surface area contributed by atoms with Crippen LogP contribution in [0, 0.1) is 42.4 Å². The molecule has 0 amide bonds. The molecule has 24 heavy (non-hydrogen) atoms. The van der Waals surface area contributed by atoms with Crippen LogP contribution in [-0.2, 0) is 0 Å². The Kier molecular flexibility index (Phi) is 7.54. The Morgan fingerprint density at radius 3 is 1.67 bits per heavy atom. The minimum atomic E-state index is -1.66. The van der Waals surface area contributed by atoms with Gasteiger partial charge in [0.25, 0.3) is 0 Å². The summed E-state index contributed by atoms with van der Waals surface area (Å²) in [5, 5.41) is 9.48. The highest BCUT2D eigenvalue weighted by molar-refractivity contribution is 4.93. The third-order valence-electron chi connectivity index (χ3n) is 7.03. The lowest BCUT2D eigenvalue weighted by molar-refractivity contribution is -0.0561. The lowest BCUT2D eigenvalue weighted by atomic mass is 9.65. The predicted molar refractivity (Wildman–Crippen MR) is 95.0 cm³/mol. The molecule has 1 N–H and O–H groups in total. The molecular weight excluding hydrogens is 306 g/mol. The second kappa shape index (κ2) is 9.18. The fourth-order valence-electron chi connectivity index (χ4n) is 5.43. The fraction of sp³-hybridized carbons (Fsp3) is 0.905. The largest absolute Gasteiger partial charge is 0.390 e. The molecule has 3 rings (SSSR count). The van der Waals surface area contributed by atoms with Gasteiger partial charge in [-0.3, -0.25) is 0 Å². The summed E-state index contributed by atoms with van der Waals surface area (Å²) in [7, 11) is 0. The third-order valence-corrected chi connectivity index (χ3v) is 7.03. The van der Waals surface area contributed by atoms with E-state index in [9.17, 15) is 13.9 Å². The Balaban J connectivity index is 0.00000100. The summed E-state index contributed by atoms with van der Waals surface area (Å²) >= 11 is 0. The highest BCUT2D eigenvalue weighted by Gasteiger charge is 2.44. The van der Waals surface area contributed by atoms with Crippen LogP contribution >= 0.6 is 0 Å². The Morgan fingerprint density at radius 1 is 0.667 bits per heavy atom. The molecule has 0 bridgehead atoms. The zero-order chi connectivity index (χ0) is 17.7. The van der Waals surface area contributed by atoms with Gasteiger partial charge in [0, 0.05) is 0 Å². The van der Waals surface area contributed by atoms with Gasteiger partial charge >= 0.3 is 0 Å². The monoisotopic (exact) mass is 340 g/mol. The second-order valence-corrected chi connectivity index (χ2v) is 8.39. The molecule has 0 heterocycles. The summed E-state index contributed by atoms with van der Waals surface area (Å²) in [5.41, 5.74) is 0. The molecule has 4 atom stereocenters. The first-order valence-corrected chi connectivity index (χ1v) is 9.85. The SMILES string of the molecule is C#C.CC1CCC(C2CCC(C3CCC(O)C(F)C3F)CC2)CC1. The Bertz CT molecular complexity index is 381. The van der Waals surface area contributed by atoms with E-state index in [0.717, 1.165) is 30.6 Å². The number of alkyl halides is 2. The van der Waals surface area contributed by atoms with Crippen molar-refractivity contribution >= 4 is 0 Å². The molecule has 3 fully saturated rings. The van der Waals surface area contributed by atoms with Gasteiger partial charge < -0.3 is 5.11 Å². The maximum Gasteiger partial charge on any atom is 0.157 e. The summed E-state index contributed by atoms with van der Waals surface area (Å²) in [6.45, 7) is 2.36. The van der Waals surface area contributed by atoms with E-state index >= 15 is 0 Å². The van der Waals surface area contributed by atoms with E-state index in [2.05, 4.69) is 19.8 Å². The van der Waals surface area contributed by atoms with Crippen molar-refractivity contribution in [3.05, 3.63) is 0 Å². The van der Waals surface area contributed by atoms with Gasteiger partial charge in [-0.05, 0) is 81.0 Å². The molecule has 0 aromatic rings. The average molecular weight is 340 g/mol. The van der Waals surface area contributed by atoms with Crippen LogP contribution in [0.3, 0.4) is 0 Å². The van der Waals surface area contributed by atoms with Crippen molar-refractivity contribution in [1.29, 1.82) is 0 Å². The summed E-state index contributed by atoms with van der Waals surface area (Å²) in [6, 6.07) is 0. The first-order valence-electron chi connectivity index (χ1n) is 9.85. The number of hydrogen-bond donors (Lipinski definition) is 1. The molecule has 4 unspecified atom stereocenters. The average Bonchev–Trinajstić information content (AvgIpc) is 2.63. The van der Waals surface area contributed by atoms with Crippen LogP contribution in [0.25, 0.3) is 0 Å². The van der Waals surface area contributed by atoms with E-state index in [1.807, 2.05) is 0 Å². The number of rotatable bonds is 2. The molecule has 0 saturated heterocycles. The number of aliphatic hydroxyl groups is 1. The predicted octanol–water partition coefficient (Wildman–Crippen LogP) is 5.32. The van der Waals surface area contributed by atoms with E-state index < -0.39 is 18.4 Å². The standard InChI is InChI=1S/C19H32F2O.C2H2/c1-12-2-4-13(5-3-12)14-6-8-15(9-7-14)16-10-11-17(22)19(21)18(16)20;1-2/h12-19,22H,2-11H2,1H3;1-2H. The van der Waals surface area contributed by atoms with Gasteiger partial charge in [-0.2, -0.15) is 0 Å². The number of halogens is 2. The van der Waals surface area contributed by atoms with E-state index in [1.165, 1.54) is 38.5 Å². The maximum atomic E-state index is 14.2. The van der Waals surface area contributed by atoms with Crippen LogP contribution in [0.4, 0.5) is 8.78 Å². The van der Waals surface area contributed by atoms with Gasteiger partial charge in [0.1, 0.15) is 6.17 Å². The zero-order valence-corrected chi connectivity index (χ0v) is 15.0. The van der Waals surface area contributed by atoms with Gasteiger partial charge in [0.15, 0.2) is 6.17 Å². The fourth-order valence-corrected chi connectivity index (χ4v) is 5.43. The smallest absolute Gasteiger partial charge is 0.157 e. The van der Waals surface area contributed by atoms with Gasteiger partial charge in [-0.1, -0.05) is 19.8 Å². The summed E-state index contributed by atoms with van der Waals surface area (Å²) < 4.78 is 28.0. The van der Waals surface area contributed by atoms with Crippen molar-refractivity contribution in [3.63, 3.8) is 0 Å².